The molecule has 1 aliphatic heterocycles. The van der Waals surface area contributed by atoms with Gasteiger partial charge in [-0.2, -0.15) is 0 Å². The molecule has 4 heteroatoms. The van der Waals surface area contributed by atoms with Gasteiger partial charge in [-0.1, -0.05) is 12.2 Å². The van der Waals surface area contributed by atoms with Gasteiger partial charge in [-0.05, 0) is 63.2 Å². The van der Waals surface area contributed by atoms with E-state index in [1.54, 1.807) is 0 Å². The topological polar surface area (TPSA) is 32.5 Å². The summed E-state index contributed by atoms with van der Waals surface area (Å²) in [5.74, 6) is 0.802. The van der Waals surface area contributed by atoms with Crippen LogP contribution in [0.1, 0.15) is 18.4 Å². The van der Waals surface area contributed by atoms with E-state index in [0.29, 0.717) is 4.99 Å². The fraction of sp³-hybridized carbons (Fsp3) is 0.533. The summed E-state index contributed by atoms with van der Waals surface area (Å²) in [6, 6.07) is 8.21. The van der Waals surface area contributed by atoms with E-state index in [0.717, 1.165) is 18.0 Å². The Morgan fingerprint density at radius 2 is 1.89 bits per heavy atom. The van der Waals surface area contributed by atoms with E-state index >= 15 is 0 Å². The minimum atomic E-state index is 0.463. The van der Waals surface area contributed by atoms with E-state index in [9.17, 15) is 0 Å². The summed E-state index contributed by atoms with van der Waals surface area (Å²) >= 11 is 4.97. The van der Waals surface area contributed by atoms with Gasteiger partial charge in [-0.25, -0.2) is 0 Å². The Hall–Kier alpha value is -1.13. The zero-order valence-corrected chi connectivity index (χ0v) is 12.6. The summed E-state index contributed by atoms with van der Waals surface area (Å²) in [5, 5.41) is 0. The first kappa shape index (κ1) is 14.3. The predicted molar refractivity (Wildman–Crippen MR) is 85.8 cm³/mol. The van der Waals surface area contributed by atoms with Crippen LogP contribution in [0.25, 0.3) is 0 Å². The molecule has 1 aromatic carbocycles. The lowest BCUT2D eigenvalue weighted by atomic mass is 9.96. The fourth-order valence-corrected chi connectivity index (χ4v) is 2.75. The SMILES string of the molecule is CN1CCC(CN(C)c2ccc(C(N)=S)cc2)CC1. The highest BCUT2D eigenvalue weighted by Gasteiger charge is 2.18. The molecular formula is C15H23N3S. The third-order valence-corrected chi connectivity index (χ3v) is 4.20. The maximum atomic E-state index is 5.62. The van der Waals surface area contributed by atoms with Crippen LogP contribution in [0.15, 0.2) is 24.3 Å². The quantitative estimate of drug-likeness (QED) is 0.854. The van der Waals surface area contributed by atoms with Crippen molar-refractivity contribution >= 4 is 22.9 Å². The van der Waals surface area contributed by atoms with Crippen LogP contribution in [0.2, 0.25) is 0 Å². The van der Waals surface area contributed by atoms with Gasteiger partial charge in [0.05, 0.1) is 0 Å². The summed E-state index contributed by atoms with van der Waals surface area (Å²) in [6.07, 6.45) is 2.59. The fourth-order valence-electron chi connectivity index (χ4n) is 2.62. The van der Waals surface area contributed by atoms with Gasteiger partial charge in [0.15, 0.2) is 0 Å². The number of hydrogen-bond acceptors (Lipinski definition) is 3. The van der Waals surface area contributed by atoms with Gasteiger partial charge < -0.3 is 15.5 Å². The minimum absolute atomic E-state index is 0.463. The molecule has 0 bridgehead atoms. The third kappa shape index (κ3) is 3.91. The normalized spacial score (nSPS) is 17.4. The Balaban J connectivity index is 1.92. The Morgan fingerprint density at radius 1 is 1.32 bits per heavy atom. The van der Waals surface area contributed by atoms with Gasteiger partial charge in [0, 0.05) is 24.8 Å². The summed E-state index contributed by atoms with van der Waals surface area (Å²) in [6.45, 7) is 3.57. The second-order valence-corrected chi connectivity index (χ2v) is 5.98. The van der Waals surface area contributed by atoms with Crippen LogP contribution in [-0.4, -0.2) is 43.6 Å². The molecule has 1 aliphatic rings. The monoisotopic (exact) mass is 277 g/mol. The molecule has 0 unspecified atom stereocenters. The second kappa shape index (κ2) is 6.35. The lowest BCUT2D eigenvalue weighted by Crippen LogP contribution is -2.35. The smallest absolute Gasteiger partial charge is 0.103 e. The molecule has 104 valence electrons. The minimum Gasteiger partial charge on any atom is -0.389 e. The van der Waals surface area contributed by atoms with E-state index in [4.69, 9.17) is 18.0 Å². The summed E-state index contributed by atoms with van der Waals surface area (Å²) < 4.78 is 0. The van der Waals surface area contributed by atoms with Crippen molar-refractivity contribution in [3.8, 4) is 0 Å². The number of likely N-dealkylation sites (tertiary alicyclic amines) is 1. The Morgan fingerprint density at radius 3 is 2.42 bits per heavy atom. The van der Waals surface area contributed by atoms with Crippen LogP contribution in [0.3, 0.4) is 0 Å². The summed E-state index contributed by atoms with van der Waals surface area (Å²) in [5.41, 5.74) is 7.79. The molecule has 2 rings (SSSR count). The molecule has 0 aromatic heterocycles. The van der Waals surface area contributed by atoms with Crippen molar-refractivity contribution in [3.05, 3.63) is 29.8 Å². The Kier molecular flexibility index (Phi) is 4.77. The largest absolute Gasteiger partial charge is 0.389 e. The molecular weight excluding hydrogens is 254 g/mol. The van der Waals surface area contributed by atoms with Crippen LogP contribution in [-0.2, 0) is 0 Å². The number of nitrogens with two attached hydrogens (primary N) is 1. The number of anilines is 1. The average Bonchev–Trinajstić information content (AvgIpc) is 2.41. The van der Waals surface area contributed by atoms with Crippen LogP contribution < -0.4 is 10.6 Å². The highest BCUT2D eigenvalue weighted by molar-refractivity contribution is 7.80. The molecule has 3 nitrogen and oxygen atoms in total. The first-order chi connectivity index (χ1) is 9.06. The zero-order chi connectivity index (χ0) is 13.8. The average molecular weight is 277 g/mol. The molecule has 0 atom stereocenters. The molecule has 1 saturated heterocycles. The number of hydrogen-bond donors (Lipinski definition) is 1. The van der Waals surface area contributed by atoms with E-state index in [1.165, 1.54) is 31.6 Å². The van der Waals surface area contributed by atoms with Gasteiger partial charge >= 0.3 is 0 Å². The van der Waals surface area contributed by atoms with E-state index in [-0.39, 0.29) is 0 Å². The Bertz CT molecular complexity index is 422. The lowest BCUT2D eigenvalue weighted by Gasteiger charge is -2.32. The molecule has 19 heavy (non-hydrogen) atoms. The molecule has 0 radical (unpaired) electrons. The van der Waals surface area contributed by atoms with Gasteiger partial charge in [-0.3, -0.25) is 0 Å². The first-order valence-electron chi connectivity index (χ1n) is 6.86. The van der Waals surface area contributed by atoms with Gasteiger partial charge in [0.2, 0.25) is 0 Å². The maximum absolute atomic E-state index is 5.62. The van der Waals surface area contributed by atoms with Gasteiger partial charge in [-0.15, -0.1) is 0 Å². The number of rotatable bonds is 4. The van der Waals surface area contributed by atoms with Crippen molar-refractivity contribution in [1.29, 1.82) is 0 Å². The van der Waals surface area contributed by atoms with E-state index in [1.807, 2.05) is 12.1 Å². The molecule has 0 spiro atoms. The van der Waals surface area contributed by atoms with E-state index < -0.39 is 0 Å². The molecule has 1 fully saturated rings. The highest BCUT2D eigenvalue weighted by Crippen LogP contribution is 2.20. The van der Waals surface area contributed by atoms with Crippen molar-refractivity contribution in [1.82, 2.24) is 4.90 Å². The van der Waals surface area contributed by atoms with Crippen LogP contribution >= 0.6 is 12.2 Å². The van der Waals surface area contributed by atoms with Crippen molar-refractivity contribution in [3.63, 3.8) is 0 Å². The third-order valence-electron chi connectivity index (χ3n) is 3.96. The second-order valence-electron chi connectivity index (χ2n) is 5.54. The standard InChI is InChI=1S/C15H23N3S/c1-17-9-7-12(8-10-17)11-18(2)14-5-3-13(4-6-14)15(16)19/h3-6,12H,7-11H2,1-2H3,(H2,16,19). The zero-order valence-electron chi connectivity index (χ0n) is 11.8. The van der Waals surface area contributed by atoms with Crippen molar-refractivity contribution in [2.45, 2.75) is 12.8 Å². The number of nitrogens with zero attached hydrogens (tertiary/aromatic N) is 2. The number of benzene rings is 1. The van der Waals surface area contributed by atoms with Crippen LogP contribution in [0.4, 0.5) is 5.69 Å². The molecule has 1 heterocycles. The molecule has 0 aliphatic carbocycles. The van der Waals surface area contributed by atoms with Crippen molar-refractivity contribution in [2.75, 3.05) is 38.6 Å². The lowest BCUT2D eigenvalue weighted by molar-refractivity contribution is 0.222. The molecule has 1 aromatic rings. The summed E-state index contributed by atoms with van der Waals surface area (Å²) in [7, 11) is 4.36. The molecule has 0 saturated carbocycles. The molecule has 2 N–H and O–H groups in total. The Labute approximate surface area is 121 Å². The van der Waals surface area contributed by atoms with Crippen molar-refractivity contribution in [2.24, 2.45) is 11.7 Å². The van der Waals surface area contributed by atoms with E-state index in [2.05, 4.69) is 36.0 Å². The molecule has 0 amide bonds. The number of thiocarbonyl (C=S) groups is 1. The first-order valence-corrected chi connectivity index (χ1v) is 7.26. The van der Waals surface area contributed by atoms with Gasteiger partial charge in [0.25, 0.3) is 0 Å². The predicted octanol–water partition coefficient (Wildman–Crippen LogP) is 2.10. The van der Waals surface area contributed by atoms with Crippen LogP contribution in [0.5, 0.6) is 0 Å². The summed E-state index contributed by atoms with van der Waals surface area (Å²) in [4.78, 5) is 5.21. The number of piperidine rings is 1. The van der Waals surface area contributed by atoms with Crippen molar-refractivity contribution < 1.29 is 0 Å². The van der Waals surface area contributed by atoms with Gasteiger partial charge in [0.1, 0.15) is 4.99 Å². The highest BCUT2D eigenvalue weighted by atomic mass is 32.1. The van der Waals surface area contributed by atoms with Crippen LogP contribution in [0, 0.1) is 5.92 Å². The maximum Gasteiger partial charge on any atom is 0.103 e.